The molecule has 1 N–H and O–H groups in total. The molecule has 0 fully saturated rings. The number of nitrogens with one attached hydrogen (secondary N) is 1. The van der Waals surface area contributed by atoms with Crippen LogP contribution >= 0.6 is 0 Å². The van der Waals surface area contributed by atoms with Gasteiger partial charge in [0, 0.05) is 11.5 Å². The summed E-state index contributed by atoms with van der Waals surface area (Å²) in [6.45, 7) is 1.71. The summed E-state index contributed by atoms with van der Waals surface area (Å²) in [6.07, 6.45) is -0.313. The summed E-state index contributed by atoms with van der Waals surface area (Å²) in [5, 5.41) is 14.5. The summed E-state index contributed by atoms with van der Waals surface area (Å²) in [6, 6.07) is 11.9. The molecule has 0 radical (unpaired) electrons. The van der Waals surface area contributed by atoms with E-state index in [0.717, 1.165) is 0 Å². The molecule has 1 atom stereocenters. The first-order valence-corrected chi connectivity index (χ1v) is 8.56. The maximum Gasteiger partial charge on any atom is 0.340 e. The van der Waals surface area contributed by atoms with E-state index < -0.39 is 23.5 Å². The summed E-state index contributed by atoms with van der Waals surface area (Å²) in [5.74, 6) is -1.52. The minimum Gasteiger partial charge on any atom is -0.548 e. The van der Waals surface area contributed by atoms with Gasteiger partial charge in [-0.25, -0.2) is 4.79 Å². The van der Waals surface area contributed by atoms with Crippen molar-refractivity contribution >= 4 is 22.8 Å². The van der Waals surface area contributed by atoms with Crippen LogP contribution < -0.4 is 20.8 Å². The Morgan fingerprint density at radius 2 is 1.89 bits per heavy atom. The SMILES string of the molecule is COc1ccc2c(C)c(CC(=O)N[C@H](C(=O)[O-])c3ccccc3)c(=O)oc2c1. The van der Waals surface area contributed by atoms with Crippen LogP contribution in [0.3, 0.4) is 0 Å². The van der Waals surface area contributed by atoms with Gasteiger partial charge in [-0.15, -0.1) is 0 Å². The summed E-state index contributed by atoms with van der Waals surface area (Å²) in [7, 11) is 1.51. The number of aryl methyl sites for hydroxylation is 1. The van der Waals surface area contributed by atoms with Crippen molar-refractivity contribution in [3.8, 4) is 5.75 Å². The van der Waals surface area contributed by atoms with Crippen molar-refractivity contribution in [2.24, 2.45) is 0 Å². The van der Waals surface area contributed by atoms with Gasteiger partial charge in [0.25, 0.3) is 0 Å². The fourth-order valence-corrected chi connectivity index (χ4v) is 3.00. The van der Waals surface area contributed by atoms with Gasteiger partial charge < -0.3 is 24.4 Å². The number of fused-ring (bicyclic) bond motifs is 1. The normalized spacial score (nSPS) is 11.8. The molecule has 0 bridgehead atoms. The number of ether oxygens (including phenoxy) is 1. The maximum absolute atomic E-state index is 12.4. The van der Waals surface area contributed by atoms with Crippen molar-refractivity contribution in [1.29, 1.82) is 0 Å². The van der Waals surface area contributed by atoms with E-state index in [0.29, 0.717) is 27.8 Å². The zero-order valence-corrected chi connectivity index (χ0v) is 15.4. The Morgan fingerprint density at radius 1 is 1.18 bits per heavy atom. The standard InChI is InChI=1S/C21H19NO6/c1-12-15-9-8-14(27-2)10-17(15)28-21(26)16(12)11-18(23)22-19(20(24)25)13-6-4-3-5-7-13/h3-10,19H,11H2,1-2H3,(H,22,23)(H,24,25)/p-1/t19-/m0/s1. The highest BCUT2D eigenvalue weighted by molar-refractivity contribution is 5.87. The van der Waals surface area contributed by atoms with Crippen LogP contribution in [0.25, 0.3) is 11.0 Å². The molecule has 0 saturated heterocycles. The lowest BCUT2D eigenvalue weighted by molar-refractivity contribution is -0.308. The predicted molar refractivity (Wildman–Crippen MR) is 99.8 cm³/mol. The molecule has 1 aromatic heterocycles. The van der Waals surface area contributed by atoms with Crippen molar-refractivity contribution < 1.29 is 23.8 Å². The quantitative estimate of drug-likeness (QED) is 0.645. The fraction of sp³-hybridized carbons (Fsp3) is 0.190. The highest BCUT2D eigenvalue weighted by Crippen LogP contribution is 2.24. The van der Waals surface area contributed by atoms with E-state index in [-0.39, 0.29) is 12.0 Å². The Labute approximate surface area is 160 Å². The first-order valence-electron chi connectivity index (χ1n) is 8.56. The van der Waals surface area contributed by atoms with E-state index in [4.69, 9.17) is 9.15 Å². The Hall–Kier alpha value is -3.61. The van der Waals surface area contributed by atoms with Crippen molar-refractivity contribution in [2.45, 2.75) is 19.4 Å². The van der Waals surface area contributed by atoms with Crippen LogP contribution in [-0.2, 0) is 16.0 Å². The van der Waals surface area contributed by atoms with E-state index in [1.165, 1.54) is 7.11 Å². The summed E-state index contributed by atoms with van der Waals surface area (Å²) >= 11 is 0. The van der Waals surface area contributed by atoms with Crippen LogP contribution in [0.4, 0.5) is 0 Å². The van der Waals surface area contributed by atoms with E-state index in [1.807, 2.05) is 0 Å². The molecule has 0 saturated carbocycles. The lowest BCUT2D eigenvalue weighted by Crippen LogP contribution is -2.42. The van der Waals surface area contributed by atoms with Crippen molar-refractivity contribution in [3.05, 3.63) is 75.6 Å². The van der Waals surface area contributed by atoms with Gasteiger partial charge in [-0.05, 0) is 30.2 Å². The molecule has 144 valence electrons. The second-order valence-corrected chi connectivity index (χ2v) is 6.26. The number of rotatable bonds is 6. The van der Waals surface area contributed by atoms with Gasteiger partial charge in [0.15, 0.2) is 0 Å². The first-order chi connectivity index (χ1) is 13.4. The number of amides is 1. The number of hydrogen-bond acceptors (Lipinski definition) is 6. The molecular weight excluding hydrogens is 362 g/mol. The Morgan fingerprint density at radius 3 is 2.54 bits per heavy atom. The molecule has 3 aromatic rings. The van der Waals surface area contributed by atoms with E-state index >= 15 is 0 Å². The number of methoxy groups -OCH3 is 1. The second kappa shape index (κ2) is 7.96. The number of benzene rings is 2. The minimum absolute atomic E-state index is 0.167. The number of aliphatic carboxylic acids is 1. The van der Waals surface area contributed by atoms with Crippen molar-refractivity contribution in [2.75, 3.05) is 7.11 Å². The molecule has 0 aliphatic carbocycles. The molecule has 0 aliphatic heterocycles. The highest BCUT2D eigenvalue weighted by Gasteiger charge is 2.19. The van der Waals surface area contributed by atoms with Crippen LogP contribution in [0.15, 0.2) is 57.7 Å². The molecule has 0 unspecified atom stereocenters. The summed E-state index contributed by atoms with van der Waals surface area (Å²) in [5.41, 5.74) is 0.834. The van der Waals surface area contributed by atoms with Crippen LogP contribution in [0.5, 0.6) is 5.75 Å². The van der Waals surface area contributed by atoms with Crippen molar-refractivity contribution in [1.82, 2.24) is 5.32 Å². The molecular formula is C21H18NO6-. The smallest absolute Gasteiger partial charge is 0.340 e. The van der Waals surface area contributed by atoms with Gasteiger partial charge in [-0.1, -0.05) is 30.3 Å². The Bertz CT molecular complexity index is 1090. The van der Waals surface area contributed by atoms with Crippen LogP contribution in [0, 0.1) is 6.92 Å². The number of carboxylic acids is 1. The molecule has 0 spiro atoms. The number of carbonyl (C=O) groups is 2. The van der Waals surface area contributed by atoms with Gasteiger partial charge >= 0.3 is 5.63 Å². The lowest BCUT2D eigenvalue weighted by Gasteiger charge is -2.20. The number of hydrogen-bond donors (Lipinski definition) is 1. The molecule has 0 aliphatic rings. The minimum atomic E-state index is -1.44. The van der Waals surface area contributed by atoms with E-state index in [9.17, 15) is 19.5 Å². The number of carbonyl (C=O) groups excluding carboxylic acids is 2. The highest BCUT2D eigenvalue weighted by atomic mass is 16.5. The average molecular weight is 380 g/mol. The largest absolute Gasteiger partial charge is 0.548 e. The van der Waals surface area contributed by atoms with Gasteiger partial charge in [-0.3, -0.25) is 4.79 Å². The molecule has 28 heavy (non-hydrogen) atoms. The maximum atomic E-state index is 12.4. The molecule has 3 rings (SSSR count). The Balaban J connectivity index is 1.88. The van der Waals surface area contributed by atoms with Crippen LogP contribution in [-0.4, -0.2) is 19.0 Å². The fourth-order valence-electron chi connectivity index (χ4n) is 3.00. The first kappa shape index (κ1) is 19.2. The van der Waals surface area contributed by atoms with E-state index in [1.54, 1.807) is 55.5 Å². The third-order valence-corrected chi connectivity index (χ3v) is 4.51. The topological polar surface area (TPSA) is 109 Å². The third-order valence-electron chi connectivity index (χ3n) is 4.51. The Kier molecular flexibility index (Phi) is 5.44. The summed E-state index contributed by atoms with van der Waals surface area (Å²) < 4.78 is 10.4. The van der Waals surface area contributed by atoms with Gasteiger partial charge in [0.05, 0.1) is 31.1 Å². The monoisotopic (exact) mass is 380 g/mol. The van der Waals surface area contributed by atoms with Gasteiger partial charge in [0.2, 0.25) is 5.91 Å². The molecule has 7 heteroatoms. The van der Waals surface area contributed by atoms with Crippen molar-refractivity contribution in [3.63, 3.8) is 0 Å². The number of carboxylic acid groups (broad SMARTS) is 1. The zero-order valence-electron chi connectivity index (χ0n) is 15.4. The molecule has 1 amide bonds. The van der Waals surface area contributed by atoms with Crippen LogP contribution in [0.2, 0.25) is 0 Å². The van der Waals surface area contributed by atoms with Gasteiger partial charge in [0.1, 0.15) is 11.3 Å². The molecule has 1 heterocycles. The van der Waals surface area contributed by atoms with Gasteiger partial charge in [-0.2, -0.15) is 0 Å². The zero-order chi connectivity index (χ0) is 20.3. The molecule has 7 nitrogen and oxygen atoms in total. The predicted octanol–water partition coefficient (Wildman–Crippen LogP) is 1.26. The third kappa shape index (κ3) is 3.88. The summed E-state index contributed by atoms with van der Waals surface area (Å²) in [4.78, 5) is 36.2. The van der Waals surface area contributed by atoms with E-state index in [2.05, 4.69) is 5.32 Å². The average Bonchev–Trinajstić information content (AvgIpc) is 2.69. The molecule has 2 aromatic carbocycles. The second-order valence-electron chi connectivity index (χ2n) is 6.26. The lowest BCUT2D eigenvalue weighted by atomic mass is 10.0. The van der Waals surface area contributed by atoms with Crippen LogP contribution in [0.1, 0.15) is 22.7 Å².